The molecule has 3 aromatic heterocycles. The smallest absolute Gasteiger partial charge is 0.169 e. The van der Waals surface area contributed by atoms with E-state index in [0.717, 1.165) is 29.8 Å². The summed E-state index contributed by atoms with van der Waals surface area (Å²) in [6.07, 6.45) is 5.42. The molecular formula is C27H29N5O2S2. The molecule has 5 rings (SSSR count). The Morgan fingerprint density at radius 3 is 2.67 bits per heavy atom. The van der Waals surface area contributed by atoms with E-state index < -0.39 is 10.8 Å². The average Bonchev–Trinajstić information content (AvgIpc) is 3.31. The number of anilines is 3. The molecule has 0 radical (unpaired) electrons. The number of carbonyl (C=O) groups excluding carboxylic acids is 1. The van der Waals surface area contributed by atoms with Crippen LogP contribution in [0.1, 0.15) is 41.9 Å². The van der Waals surface area contributed by atoms with Crippen LogP contribution in [0.3, 0.4) is 0 Å². The van der Waals surface area contributed by atoms with Gasteiger partial charge in [0.1, 0.15) is 11.6 Å². The van der Waals surface area contributed by atoms with Crippen molar-refractivity contribution in [2.24, 2.45) is 5.92 Å². The van der Waals surface area contributed by atoms with Crippen molar-refractivity contribution >= 4 is 56.0 Å². The minimum atomic E-state index is -0.762. The molecule has 0 amide bonds. The molecule has 1 atom stereocenters. The van der Waals surface area contributed by atoms with Gasteiger partial charge in [-0.25, -0.2) is 15.0 Å². The van der Waals surface area contributed by atoms with E-state index >= 15 is 0 Å². The van der Waals surface area contributed by atoms with Crippen LogP contribution in [0.5, 0.6) is 0 Å². The van der Waals surface area contributed by atoms with Gasteiger partial charge in [-0.2, -0.15) is 0 Å². The van der Waals surface area contributed by atoms with Crippen molar-refractivity contribution in [3.63, 3.8) is 0 Å². The number of nitrogens with zero attached hydrogens (tertiary/aromatic N) is 4. The zero-order valence-electron chi connectivity index (χ0n) is 20.8. The predicted molar refractivity (Wildman–Crippen MR) is 149 cm³/mol. The van der Waals surface area contributed by atoms with E-state index in [9.17, 15) is 9.00 Å². The molecule has 0 bridgehead atoms. The lowest BCUT2D eigenvalue weighted by atomic mass is 9.93. The Kier molecular flexibility index (Phi) is 6.85. The number of pyridine rings is 1. The summed E-state index contributed by atoms with van der Waals surface area (Å²) >= 11 is 1.40. The molecule has 1 aromatic carbocycles. The van der Waals surface area contributed by atoms with E-state index in [4.69, 9.17) is 4.98 Å². The topological polar surface area (TPSA) is 88.1 Å². The van der Waals surface area contributed by atoms with Crippen LogP contribution in [0.25, 0.3) is 22.2 Å². The van der Waals surface area contributed by atoms with E-state index in [1.165, 1.54) is 28.0 Å². The third-order valence-electron chi connectivity index (χ3n) is 6.42. The Balaban J connectivity index is 1.43. The molecule has 1 saturated heterocycles. The zero-order chi connectivity index (χ0) is 25.4. The number of ketones is 1. The summed E-state index contributed by atoms with van der Waals surface area (Å²) in [5.41, 5.74) is 3.27. The van der Waals surface area contributed by atoms with E-state index in [1.807, 2.05) is 23.7 Å². The third-order valence-corrected chi connectivity index (χ3v) is 8.39. The number of carbonyl (C=O) groups is 1. The van der Waals surface area contributed by atoms with Crippen molar-refractivity contribution in [3.05, 3.63) is 58.5 Å². The number of Topliss-reactive ketones (excluding diaryl/α,β-unsaturated/α-hetero) is 1. The Labute approximate surface area is 217 Å². The van der Waals surface area contributed by atoms with E-state index in [2.05, 4.69) is 52.2 Å². The Hall–Kier alpha value is -3.17. The second-order valence-electron chi connectivity index (χ2n) is 9.60. The van der Waals surface area contributed by atoms with Gasteiger partial charge in [0.25, 0.3) is 0 Å². The van der Waals surface area contributed by atoms with Crippen LogP contribution >= 0.6 is 11.3 Å². The molecule has 0 saturated carbocycles. The molecule has 4 aromatic rings. The number of benzene rings is 1. The van der Waals surface area contributed by atoms with Gasteiger partial charge >= 0.3 is 0 Å². The fourth-order valence-corrected chi connectivity index (χ4v) is 6.30. The lowest BCUT2D eigenvalue weighted by Crippen LogP contribution is -2.49. The number of fused-ring (bicyclic) bond motifs is 1. The highest BCUT2D eigenvalue weighted by atomic mass is 32.2. The first-order valence-electron chi connectivity index (χ1n) is 12.0. The number of thiophene rings is 1. The van der Waals surface area contributed by atoms with Crippen molar-refractivity contribution in [1.82, 2.24) is 15.0 Å². The Bertz CT molecular complexity index is 1460. The minimum absolute atomic E-state index is 0.0373. The fraction of sp³-hybridized carbons (Fsp3) is 0.333. The van der Waals surface area contributed by atoms with Crippen LogP contribution in [0, 0.1) is 5.92 Å². The monoisotopic (exact) mass is 519 g/mol. The SMILES string of the molecule is CC(=O)c1cc(-c2nccc(Nc3cc4c(C(C)C)ccc(N5CC(CS(C)=O)C5)c4cn3)n2)cs1. The van der Waals surface area contributed by atoms with Crippen molar-refractivity contribution in [2.75, 3.05) is 35.3 Å². The molecule has 0 spiro atoms. The molecule has 7 nitrogen and oxygen atoms in total. The maximum absolute atomic E-state index is 11.7. The zero-order valence-corrected chi connectivity index (χ0v) is 22.4. The van der Waals surface area contributed by atoms with Gasteiger partial charge in [-0.05, 0) is 48.1 Å². The number of hydrogen-bond acceptors (Lipinski definition) is 8. The summed E-state index contributed by atoms with van der Waals surface area (Å²) < 4.78 is 11.6. The molecule has 1 unspecified atom stereocenters. The molecule has 1 aliphatic heterocycles. The largest absolute Gasteiger partial charge is 0.370 e. The highest BCUT2D eigenvalue weighted by Gasteiger charge is 2.29. The van der Waals surface area contributed by atoms with Crippen LogP contribution in [0.4, 0.5) is 17.3 Å². The van der Waals surface area contributed by atoms with Crippen LogP contribution < -0.4 is 10.2 Å². The third kappa shape index (κ3) is 5.03. The standard InChI is InChI=1S/C27H29N5O2S2/c1-16(2)20-5-6-23(32-12-18(13-32)15-36(4)34)22-11-29-26(10-21(20)22)30-25-7-8-28-27(31-25)19-9-24(17(3)33)35-14-19/h5-11,14,16,18H,12-13,15H2,1-4H3,(H,28,29,30,31). The summed E-state index contributed by atoms with van der Waals surface area (Å²) in [5.74, 6) is 3.55. The number of nitrogens with one attached hydrogen (secondary N) is 1. The van der Waals surface area contributed by atoms with Crippen molar-refractivity contribution in [1.29, 1.82) is 0 Å². The Morgan fingerprint density at radius 2 is 1.97 bits per heavy atom. The molecule has 1 N–H and O–H groups in total. The van der Waals surface area contributed by atoms with Gasteiger partial charge in [0.05, 0.1) is 4.88 Å². The van der Waals surface area contributed by atoms with E-state index in [-0.39, 0.29) is 5.78 Å². The van der Waals surface area contributed by atoms with Gasteiger partial charge in [0.15, 0.2) is 11.6 Å². The van der Waals surface area contributed by atoms with E-state index in [0.29, 0.717) is 34.2 Å². The maximum atomic E-state index is 11.7. The fourth-order valence-electron chi connectivity index (χ4n) is 4.63. The van der Waals surface area contributed by atoms with Gasteiger partial charge < -0.3 is 10.2 Å². The van der Waals surface area contributed by atoms with E-state index in [1.54, 1.807) is 19.4 Å². The number of aromatic nitrogens is 3. The van der Waals surface area contributed by atoms with Crippen molar-refractivity contribution in [2.45, 2.75) is 26.7 Å². The Morgan fingerprint density at radius 1 is 1.17 bits per heavy atom. The van der Waals surface area contributed by atoms with Crippen LogP contribution in [0.15, 0.2) is 48.1 Å². The van der Waals surface area contributed by atoms with Crippen molar-refractivity contribution < 1.29 is 9.00 Å². The second-order valence-corrected chi connectivity index (χ2v) is 12.0. The molecule has 9 heteroatoms. The number of rotatable bonds is 8. The quantitative estimate of drug-likeness (QED) is 0.302. The van der Waals surface area contributed by atoms with Crippen LogP contribution in [-0.4, -0.2) is 50.0 Å². The van der Waals surface area contributed by atoms with Gasteiger partial charge in [0.2, 0.25) is 0 Å². The van der Waals surface area contributed by atoms with Crippen molar-refractivity contribution in [3.8, 4) is 11.4 Å². The summed E-state index contributed by atoms with van der Waals surface area (Å²) in [5, 5.41) is 7.53. The minimum Gasteiger partial charge on any atom is -0.370 e. The maximum Gasteiger partial charge on any atom is 0.169 e. The number of hydrogen-bond donors (Lipinski definition) is 1. The molecular weight excluding hydrogens is 490 g/mol. The lowest BCUT2D eigenvalue weighted by molar-refractivity contribution is 0.102. The summed E-state index contributed by atoms with van der Waals surface area (Å²) in [6.45, 7) is 7.81. The molecule has 4 heterocycles. The van der Waals surface area contributed by atoms with Crippen LogP contribution in [0.2, 0.25) is 0 Å². The molecule has 186 valence electrons. The second kappa shape index (κ2) is 10.1. The summed E-state index contributed by atoms with van der Waals surface area (Å²) in [7, 11) is -0.762. The summed E-state index contributed by atoms with van der Waals surface area (Å²) in [4.78, 5) is 28.4. The normalized spacial score (nSPS) is 14.8. The van der Waals surface area contributed by atoms with Crippen LogP contribution in [-0.2, 0) is 10.8 Å². The first kappa shape index (κ1) is 24.5. The molecule has 36 heavy (non-hydrogen) atoms. The van der Waals surface area contributed by atoms with Gasteiger partial charge in [-0.15, -0.1) is 11.3 Å². The summed E-state index contributed by atoms with van der Waals surface area (Å²) in [6, 6.07) is 10.1. The molecule has 1 aliphatic rings. The first-order chi connectivity index (χ1) is 17.3. The van der Waals surface area contributed by atoms with Gasteiger partial charge in [0, 0.05) is 76.2 Å². The predicted octanol–water partition coefficient (Wildman–Crippen LogP) is 5.64. The highest BCUT2D eigenvalue weighted by Crippen LogP contribution is 2.37. The van der Waals surface area contributed by atoms with Gasteiger partial charge in [-0.1, -0.05) is 19.9 Å². The highest BCUT2D eigenvalue weighted by molar-refractivity contribution is 7.84. The van der Waals surface area contributed by atoms with Gasteiger partial charge in [-0.3, -0.25) is 9.00 Å². The molecule has 1 fully saturated rings. The first-order valence-corrected chi connectivity index (χ1v) is 14.6. The average molecular weight is 520 g/mol. The lowest BCUT2D eigenvalue weighted by Gasteiger charge is -2.41. The molecule has 0 aliphatic carbocycles.